The summed E-state index contributed by atoms with van der Waals surface area (Å²) >= 11 is 0. The van der Waals surface area contributed by atoms with Gasteiger partial charge in [-0.05, 0) is 31.0 Å². The van der Waals surface area contributed by atoms with E-state index in [1.165, 1.54) is 173 Å². The van der Waals surface area contributed by atoms with E-state index < -0.39 is 20.1 Å². The van der Waals surface area contributed by atoms with E-state index in [-0.39, 0.29) is 17.2 Å². The lowest BCUT2D eigenvalue weighted by Gasteiger charge is -2.41. The molecule has 60 heavy (non-hydrogen) atoms. The van der Waals surface area contributed by atoms with Gasteiger partial charge in [0.1, 0.15) is 36.3 Å². The van der Waals surface area contributed by atoms with Crippen molar-refractivity contribution in [2.45, 2.75) is 257 Å². The van der Waals surface area contributed by atoms with Crippen molar-refractivity contribution in [2.24, 2.45) is 0 Å². The molecule has 0 spiro atoms. The molecule has 0 radical (unpaired) electrons. The van der Waals surface area contributed by atoms with Crippen LogP contribution in [0, 0.1) is 0 Å². The Morgan fingerprint density at radius 2 is 1.15 bits per heavy atom. The van der Waals surface area contributed by atoms with Crippen LogP contribution < -0.4 is 5.73 Å². The van der Waals surface area contributed by atoms with Crippen LogP contribution in [-0.4, -0.2) is 77.0 Å². The summed E-state index contributed by atoms with van der Waals surface area (Å²) in [7, 11) is -2.20. The number of hydroxylamine groups is 2. The number of anilines is 1. The first kappa shape index (κ1) is 51.0. The predicted octanol–water partition coefficient (Wildman–Crippen LogP) is 13.7. The van der Waals surface area contributed by atoms with Gasteiger partial charge in [-0.1, -0.05) is 202 Å². The number of hydrogen-bond acceptors (Lipinski definition) is 9. The number of hydrogen-bond donors (Lipinski definition) is 1. The highest BCUT2D eigenvalue weighted by molar-refractivity contribution is 6.74. The van der Waals surface area contributed by atoms with Gasteiger partial charge >= 0.3 is 0 Å². The maximum Gasteiger partial charge on any atom is 0.192 e. The molecule has 4 rings (SSSR count). The number of ether oxygens (including phenoxy) is 2. The molecule has 0 aromatic carbocycles. The lowest BCUT2D eigenvalue weighted by Crippen LogP contribution is -2.54. The Morgan fingerprint density at radius 1 is 0.700 bits per heavy atom. The molecule has 0 amide bonds. The summed E-state index contributed by atoms with van der Waals surface area (Å²) in [6.07, 6.45) is 40.3. The van der Waals surface area contributed by atoms with Crippen molar-refractivity contribution in [3.63, 3.8) is 0 Å². The summed E-state index contributed by atoms with van der Waals surface area (Å²) in [5, 5.41) is 2.29. The second-order valence-electron chi connectivity index (χ2n) is 20.1. The number of nitrogens with zero attached hydrogens (tertiary/aromatic N) is 5. The molecule has 2 N–H and O–H groups in total. The molecule has 4 heterocycles. The molecule has 346 valence electrons. The van der Waals surface area contributed by atoms with E-state index in [4.69, 9.17) is 24.5 Å². The molecule has 2 aromatic rings. The fraction of sp³-hybridized carbons (Fsp3) is 0.898. The fourth-order valence-electron chi connectivity index (χ4n) is 8.85. The van der Waals surface area contributed by atoms with Gasteiger partial charge in [-0.3, -0.25) is 9.40 Å². The molecule has 0 aliphatic carbocycles. The van der Waals surface area contributed by atoms with Crippen molar-refractivity contribution in [3.8, 4) is 0 Å². The van der Waals surface area contributed by atoms with E-state index in [0.717, 1.165) is 25.9 Å². The van der Waals surface area contributed by atoms with Crippen LogP contribution in [-0.2, 0) is 18.7 Å². The first-order valence-electron chi connectivity index (χ1n) is 25.3. The number of imidazole rings is 1. The SMILES string of the molecule is CCCCCCCCCCCCCCCCN(CCCCCCCCCCCCCCCC)OC[C@]12COC(C1O[Si](C)(C)C(C)(C)C)[C@H](n1cnc3c(N)ncnc31)O2. The molecule has 2 aliphatic heterocycles. The van der Waals surface area contributed by atoms with Crippen LogP contribution >= 0.6 is 0 Å². The molecule has 10 nitrogen and oxygen atoms in total. The summed E-state index contributed by atoms with van der Waals surface area (Å²) in [5.41, 5.74) is 6.66. The Bertz CT molecular complexity index is 1390. The molecular weight excluding hydrogens is 765 g/mol. The third kappa shape index (κ3) is 16.5. The first-order chi connectivity index (χ1) is 29.0. The minimum atomic E-state index is -2.20. The van der Waals surface area contributed by atoms with Gasteiger partial charge in [-0.25, -0.2) is 15.0 Å². The third-order valence-electron chi connectivity index (χ3n) is 13.9. The Hall–Kier alpha value is -1.63. The standard InChI is InChI=1S/C49H92N6O4Si/c1-8-10-12-14-16-18-20-22-24-26-28-30-32-34-36-54(37-35-33-31-29-27-25-23-21-19-17-15-13-11-9-2)57-39-49-38-56-43(44(49)59-60(6,7)48(3,4)5)47(58-49)55-41-53-42-45(50)51-40-52-46(42)55/h40-41,43-44,47H,8-39H2,1-7H3,(H2,50,51,52)/t43?,44?,47-,49-/m1/s1. The highest BCUT2D eigenvalue weighted by Crippen LogP contribution is 2.50. The van der Waals surface area contributed by atoms with Gasteiger partial charge in [0.15, 0.2) is 26.0 Å². The van der Waals surface area contributed by atoms with E-state index >= 15 is 0 Å². The van der Waals surface area contributed by atoms with Crippen molar-refractivity contribution >= 4 is 25.3 Å². The van der Waals surface area contributed by atoms with E-state index in [9.17, 15) is 0 Å². The second kappa shape index (κ2) is 27.5. The normalized spacial score (nSPS) is 20.7. The lowest BCUT2D eigenvalue weighted by atomic mass is 10.0. The molecular formula is C49H92N6O4Si. The average Bonchev–Trinajstić information content (AvgIpc) is 3.89. The van der Waals surface area contributed by atoms with E-state index in [1.54, 1.807) is 6.33 Å². The number of unbranched alkanes of at least 4 members (excludes halogenated alkanes) is 26. The summed E-state index contributed by atoms with van der Waals surface area (Å²) in [5.74, 6) is 0.359. The topological polar surface area (TPSA) is 110 Å². The molecule has 2 fully saturated rings. The number of nitrogen functional groups attached to an aromatic ring is 1. The number of nitrogens with two attached hydrogens (primary N) is 1. The Balaban J connectivity index is 1.29. The highest BCUT2D eigenvalue weighted by Gasteiger charge is 2.65. The van der Waals surface area contributed by atoms with Gasteiger partial charge in [-0.2, -0.15) is 5.06 Å². The summed E-state index contributed by atoms with van der Waals surface area (Å²) < 4.78 is 22.8. The minimum Gasteiger partial charge on any atom is -0.408 e. The zero-order chi connectivity index (χ0) is 43.1. The van der Waals surface area contributed by atoms with Crippen LogP contribution in [0.3, 0.4) is 0 Å². The van der Waals surface area contributed by atoms with Gasteiger partial charge in [0.05, 0.1) is 12.9 Å². The monoisotopic (exact) mass is 857 g/mol. The van der Waals surface area contributed by atoms with Gasteiger partial charge in [0, 0.05) is 13.1 Å². The van der Waals surface area contributed by atoms with Crippen LogP contribution in [0.5, 0.6) is 0 Å². The Morgan fingerprint density at radius 3 is 1.60 bits per heavy atom. The summed E-state index contributed by atoms with van der Waals surface area (Å²) in [6, 6.07) is 0. The maximum atomic E-state index is 7.22. The molecule has 2 bridgehead atoms. The Labute approximate surface area is 368 Å². The van der Waals surface area contributed by atoms with Crippen molar-refractivity contribution in [3.05, 3.63) is 12.7 Å². The average molecular weight is 857 g/mol. The molecule has 11 heteroatoms. The highest BCUT2D eigenvalue weighted by atomic mass is 28.4. The number of fused-ring (bicyclic) bond motifs is 3. The van der Waals surface area contributed by atoms with E-state index in [2.05, 4.69) is 67.7 Å². The smallest absolute Gasteiger partial charge is 0.192 e. The van der Waals surface area contributed by atoms with Crippen LogP contribution in [0.15, 0.2) is 12.7 Å². The molecule has 2 unspecified atom stereocenters. The van der Waals surface area contributed by atoms with Gasteiger partial charge in [-0.15, -0.1) is 0 Å². The number of aromatic nitrogens is 4. The molecule has 2 aliphatic rings. The molecule has 0 saturated carbocycles. The second-order valence-corrected chi connectivity index (χ2v) is 24.9. The lowest BCUT2D eigenvalue weighted by molar-refractivity contribution is -0.243. The van der Waals surface area contributed by atoms with Crippen molar-refractivity contribution in [2.75, 3.05) is 32.0 Å². The number of rotatable bonds is 36. The minimum absolute atomic E-state index is 0.0315. The van der Waals surface area contributed by atoms with Crippen LogP contribution in [0.1, 0.15) is 221 Å². The predicted molar refractivity (Wildman–Crippen MR) is 253 cm³/mol. The summed E-state index contributed by atoms with van der Waals surface area (Å²) in [6.45, 7) is 18.8. The van der Waals surface area contributed by atoms with E-state index in [0.29, 0.717) is 30.2 Å². The van der Waals surface area contributed by atoms with Crippen LogP contribution in [0.2, 0.25) is 18.1 Å². The van der Waals surface area contributed by atoms with Gasteiger partial charge < -0.3 is 19.6 Å². The molecule has 4 atom stereocenters. The van der Waals surface area contributed by atoms with Crippen LogP contribution in [0.4, 0.5) is 5.82 Å². The summed E-state index contributed by atoms with van der Waals surface area (Å²) in [4.78, 5) is 20.1. The van der Waals surface area contributed by atoms with Crippen LogP contribution in [0.25, 0.3) is 11.2 Å². The molecule has 2 aromatic heterocycles. The fourth-order valence-corrected chi connectivity index (χ4v) is 10.2. The van der Waals surface area contributed by atoms with E-state index in [1.807, 2.05) is 4.57 Å². The first-order valence-corrected chi connectivity index (χ1v) is 28.2. The maximum absolute atomic E-state index is 7.22. The van der Waals surface area contributed by atoms with Gasteiger partial charge in [0.2, 0.25) is 0 Å². The third-order valence-corrected chi connectivity index (χ3v) is 18.3. The van der Waals surface area contributed by atoms with Crippen molar-refractivity contribution in [1.29, 1.82) is 0 Å². The van der Waals surface area contributed by atoms with Gasteiger partial charge in [0.25, 0.3) is 0 Å². The largest absolute Gasteiger partial charge is 0.408 e. The van der Waals surface area contributed by atoms with Crippen molar-refractivity contribution < 1.29 is 18.7 Å². The van der Waals surface area contributed by atoms with Crippen molar-refractivity contribution in [1.82, 2.24) is 24.6 Å². The Kier molecular flexibility index (Phi) is 23.4. The zero-order valence-corrected chi connectivity index (χ0v) is 41.0. The molecule has 2 saturated heterocycles. The zero-order valence-electron chi connectivity index (χ0n) is 40.0. The quantitative estimate of drug-likeness (QED) is 0.0407.